The number of likely N-dealkylation sites (N-methyl/N-ethyl adjacent to an activating group) is 1. The van der Waals surface area contributed by atoms with Gasteiger partial charge in [0.1, 0.15) is 21.8 Å². The molecule has 0 saturated carbocycles. The van der Waals surface area contributed by atoms with E-state index in [2.05, 4.69) is 10.2 Å². The van der Waals surface area contributed by atoms with Gasteiger partial charge in [-0.3, -0.25) is 4.79 Å². The minimum absolute atomic E-state index is 0.0142. The van der Waals surface area contributed by atoms with Gasteiger partial charge in [-0.1, -0.05) is 66.4 Å². The normalized spacial score (nSPS) is 12.0. The molecule has 0 saturated heterocycles. The second-order valence-electron chi connectivity index (χ2n) is 7.05. The molecule has 4 aromatic rings. The zero-order valence-electron chi connectivity index (χ0n) is 16.6. The molecule has 3 aromatic carbocycles. The number of benzene rings is 3. The number of aromatic nitrogens is 2. The fourth-order valence-corrected chi connectivity index (χ4v) is 4.44. The van der Waals surface area contributed by atoms with E-state index in [0.717, 1.165) is 21.9 Å². The Bertz CT molecular complexity index is 1180. The highest BCUT2D eigenvalue weighted by Crippen LogP contribution is 2.40. The number of carbonyl (C=O) groups excluding carboxylic acids is 1. The molecule has 0 fully saturated rings. The SMILES string of the molecule is CN(C)C(=O)[C@H](Sc1nnc(-c2ccc(F)cc2)c2ccccc12)c1ccccc1. The molecule has 0 unspecified atom stereocenters. The summed E-state index contributed by atoms with van der Waals surface area (Å²) in [7, 11) is 3.50. The van der Waals surface area contributed by atoms with E-state index in [1.165, 1.54) is 23.9 Å². The average molecular weight is 418 g/mol. The molecule has 1 heterocycles. The van der Waals surface area contributed by atoms with Crippen LogP contribution in [0.25, 0.3) is 22.0 Å². The van der Waals surface area contributed by atoms with E-state index >= 15 is 0 Å². The van der Waals surface area contributed by atoms with E-state index in [1.807, 2.05) is 54.6 Å². The number of amides is 1. The molecule has 4 rings (SSSR count). The number of nitrogens with zero attached hydrogens (tertiary/aromatic N) is 3. The van der Waals surface area contributed by atoms with Crippen molar-refractivity contribution in [3.8, 4) is 11.3 Å². The van der Waals surface area contributed by atoms with Gasteiger partial charge in [0.2, 0.25) is 5.91 Å². The molecule has 150 valence electrons. The van der Waals surface area contributed by atoms with Crippen LogP contribution in [0.5, 0.6) is 0 Å². The minimum Gasteiger partial charge on any atom is -0.348 e. The third-order valence-corrected chi connectivity index (χ3v) is 6.00. The van der Waals surface area contributed by atoms with Gasteiger partial charge in [0.25, 0.3) is 0 Å². The number of hydrogen-bond donors (Lipinski definition) is 0. The van der Waals surface area contributed by atoms with Gasteiger partial charge >= 0.3 is 0 Å². The van der Waals surface area contributed by atoms with Crippen LogP contribution >= 0.6 is 11.8 Å². The lowest BCUT2D eigenvalue weighted by Gasteiger charge is -2.21. The molecule has 0 N–H and O–H groups in total. The summed E-state index contributed by atoms with van der Waals surface area (Å²) in [6.45, 7) is 0. The van der Waals surface area contributed by atoms with Crippen molar-refractivity contribution in [2.75, 3.05) is 14.1 Å². The number of fused-ring (bicyclic) bond motifs is 1. The molecule has 1 amide bonds. The lowest BCUT2D eigenvalue weighted by molar-refractivity contribution is -0.128. The van der Waals surface area contributed by atoms with E-state index in [0.29, 0.717) is 10.7 Å². The monoisotopic (exact) mass is 417 g/mol. The lowest BCUT2D eigenvalue weighted by atomic mass is 10.1. The Kier molecular flexibility index (Phi) is 5.77. The highest BCUT2D eigenvalue weighted by atomic mass is 32.2. The van der Waals surface area contributed by atoms with Crippen LogP contribution in [0.4, 0.5) is 4.39 Å². The number of thioether (sulfide) groups is 1. The smallest absolute Gasteiger partial charge is 0.240 e. The van der Waals surface area contributed by atoms with Gasteiger partial charge in [-0.15, -0.1) is 10.2 Å². The number of rotatable bonds is 5. The molecular weight excluding hydrogens is 397 g/mol. The third-order valence-electron chi connectivity index (χ3n) is 4.77. The van der Waals surface area contributed by atoms with Gasteiger partial charge < -0.3 is 4.90 Å². The summed E-state index contributed by atoms with van der Waals surface area (Å²) in [5.74, 6) is -0.309. The quantitative estimate of drug-likeness (QED) is 0.410. The van der Waals surface area contributed by atoms with Crippen molar-refractivity contribution in [1.29, 1.82) is 0 Å². The van der Waals surface area contributed by atoms with Crippen LogP contribution in [0.2, 0.25) is 0 Å². The fraction of sp³-hybridized carbons (Fsp3) is 0.125. The summed E-state index contributed by atoms with van der Waals surface area (Å²) < 4.78 is 13.4. The van der Waals surface area contributed by atoms with Crippen LogP contribution in [0.1, 0.15) is 10.8 Å². The Morgan fingerprint density at radius 3 is 2.17 bits per heavy atom. The maximum Gasteiger partial charge on any atom is 0.240 e. The van der Waals surface area contributed by atoms with Crippen LogP contribution < -0.4 is 0 Å². The molecule has 0 aliphatic carbocycles. The first-order chi connectivity index (χ1) is 14.5. The van der Waals surface area contributed by atoms with Gasteiger partial charge in [-0.05, 0) is 29.8 Å². The number of carbonyl (C=O) groups is 1. The predicted octanol–water partition coefficient (Wildman–Crippen LogP) is 5.36. The third kappa shape index (κ3) is 4.04. The van der Waals surface area contributed by atoms with Gasteiger partial charge in [0.05, 0.1) is 0 Å². The number of hydrogen-bond acceptors (Lipinski definition) is 4. The first kappa shape index (κ1) is 20.0. The van der Waals surface area contributed by atoms with Gasteiger partial charge in [-0.25, -0.2) is 4.39 Å². The fourth-order valence-electron chi connectivity index (χ4n) is 3.22. The molecule has 1 aromatic heterocycles. The molecular formula is C24H20FN3OS. The van der Waals surface area contributed by atoms with Crippen LogP contribution in [-0.4, -0.2) is 35.1 Å². The van der Waals surface area contributed by atoms with Crippen LogP contribution in [0, 0.1) is 5.82 Å². The summed E-state index contributed by atoms with van der Waals surface area (Å²) in [5.41, 5.74) is 2.39. The molecule has 1 atom stereocenters. The molecule has 0 spiro atoms. The van der Waals surface area contributed by atoms with Gasteiger partial charge in [0, 0.05) is 30.4 Å². The summed E-state index contributed by atoms with van der Waals surface area (Å²) >= 11 is 1.39. The first-order valence-electron chi connectivity index (χ1n) is 9.48. The number of halogens is 1. The maximum atomic E-state index is 13.4. The predicted molar refractivity (Wildman–Crippen MR) is 119 cm³/mol. The highest BCUT2D eigenvalue weighted by Gasteiger charge is 2.25. The lowest BCUT2D eigenvalue weighted by Crippen LogP contribution is -2.26. The van der Waals surface area contributed by atoms with Crippen LogP contribution in [0.15, 0.2) is 83.9 Å². The largest absolute Gasteiger partial charge is 0.348 e. The standard InChI is InChI=1S/C24H20FN3OS/c1-28(2)24(29)22(17-8-4-3-5-9-17)30-23-20-11-7-6-10-19(20)21(26-27-23)16-12-14-18(25)15-13-16/h3-15,22H,1-2H3/t22-/m1/s1. The molecule has 0 radical (unpaired) electrons. The molecule has 30 heavy (non-hydrogen) atoms. The zero-order valence-corrected chi connectivity index (χ0v) is 17.4. The van der Waals surface area contributed by atoms with Gasteiger partial charge in [-0.2, -0.15) is 0 Å². The zero-order chi connectivity index (χ0) is 21.1. The molecule has 0 bridgehead atoms. The Hall–Kier alpha value is -3.25. The van der Waals surface area contributed by atoms with Crippen molar-refractivity contribution in [3.05, 3.63) is 90.2 Å². The molecule has 0 aliphatic heterocycles. The maximum absolute atomic E-state index is 13.4. The van der Waals surface area contributed by atoms with Crippen molar-refractivity contribution >= 4 is 28.4 Å². The average Bonchev–Trinajstić information content (AvgIpc) is 2.78. The minimum atomic E-state index is -0.435. The van der Waals surface area contributed by atoms with Gasteiger partial charge in [0.15, 0.2) is 0 Å². The Morgan fingerprint density at radius 2 is 1.50 bits per heavy atom. The summed E-state index contributed by atoms with van der Waals surface area (Å²) in [6, 6.07) is 23.7. The van der Waals surface area contributed by atoms with E-state index in [9.17, 15) is 9.18 Å². The second kappa shape index (κ2) is 8.63. The molecule has 6 heteroatoms. The topological polar surface area (TPSA) is 46.1 Å². The summed E-state index contributed by atoms with van der Waals surface area (Å²) in [4.78, 5) is 14.5. The van der Waals surface area contributed by atoms with Crippen molar-refractivity contribution in [2.45, 2.75) is 10.3 Å². The van der Waals surface area contributed by atoms with E-state index in [-0.39, 0.29) is 11.7 Å². The Labute approximate surface area is 178 Å². The van der Waals surface area contributed by atoms with Crippen molar-refractivity contribution in [2.24, 2.45) is 0 Å². The highest BCUT2D eigenvalue weighted by molar-refractivity contribution is 8.00. The Morgan fingerprint density at radius 1 is 0.867 bits per heavy atom. The van der Waals surface area contributed by atoms with Crippen molar-refractivity contribution < 1.29 is 9.18 Å². The van der Waals surface area contributed by atoms with E-state index < -0.39 is 5.25 Å². The second-order valence-corrected chi connectivity index (χ2v) is 8.14. The summed E-state index contributed by atoms with van der Waals surface area (Å²) in [5, 5.41) is 11.0. The van der Waals surface area contributed by atoms with Crippen molar-refractivity contribution in [1.82, 2.24) is 15.1 Å². The summed E-state index contributed by atoms with van der Waals surface area (Å²) in [6.07, 6.45) is 0. The first-order valence-corrected chi connectivity index (χ1v) is 10.4. The van der Waals surface area contributed by atoms with Crippen molar-refractivity contribution in [3.63, 3.8) is 0 Å². The van der Waals surface area contributed by atoms with E-state index in [4.69, 9.17) is 0 Å². The molecule has 4 nitrogen and oxygen atoms in total. The Balaban J connectivity index is 1.80. The van der Waals surface area contributed by atoms with Crippen LogP contribution in [0.3, 0.4) is 0 Å². The molecule has 0 aliphatic rings. The van der Waals surface area contributed by atoms with E-state index in [1.54, 1.807) is 31.1 Å². The van der Waals surface area contributed by atoms with Crippen LogP contribution in [-0.2, 0) is 4.79 Å².